The molecule has 1 saturated heterocycles. The van der Waals surface area contributed by atoms with Gasteiger partial charge in [-0.3, -0.25) is 0 Å². The summed E-state index contributed by atoms with van der Waals surface area (Å²) < 4.78 is 22.9. The molecule has 2 amide bonds. The second-order valence-electron chi connectivity index (χ2n) is 6.02. The Bertz CT molecular complexity index is 819. The van der Waals surface area contributed by atoms with Crippen molar-refractivity contribution in [2.75, 3.05) is 16.8 Å². The zero-order valence-corrected chi connectivity index (χ0v) is 14.1. The third-order valence-corrected chi connectivity index (χ3v) is 5.84. The van der Waals surface area contributed by atoms with Gasteiger partial charge in [-0.25, -0.2) is 13.2 Å². The summed E-state index contributed by atoms with van der Waals surface area (Å²) in [4.78, 5) is 12.2. The standard InChI is InChI=1S/C18H20N2O3S/c21-18(19-16-10-11-24(22,23)13-16)20-17-9-5-4-8-15(17)12-14-6-2-1-3-7-14/h1-9,16H,10-13H2,(H2,19,20,21). The Kier molecular flexibility index (Phi) is 4.85. The van der Waals surface area contributed by atoms with Gasteiger partial charge in [0.25, 0.3) is 0 Å². The predicted molar refractivity (Wildman–Crippen MR) is 94.9 cm³/mol. The lowest BCUT2D eigenvalue weighted by Gasteiger charge is -2.14. The van der Waals surface area contributed by atoms with Crippen LogP contribution in [0.15, 0.2) is 54.6 Å². The quantitative estimate of drug-likeness (QED) is 0.895. The first-order valence-corrected chi connectivity index (χ1v) is 9.74. The number of carbonyl (C=O) groups excluding carboxylic acids is 1. The number of benzene rings is 2. The maximum Gasteiger partial charge on any atom is 0.319 e. The summed E-state index contributed by atoms with van der Waals surface area (Å²) in [6.45, 7) is 0. The minimum Gasteiger partial charge on any atom is -0.334 e. The molecule has 6 heteroatoms. The Morgan fingerprint density at radius 2 is 1.75 bits per heavy atom. The number of hydrogen-bond acceptors (Lipinski definition) is 3. The van der Waals surface area contributed by atoms with Crippen LogP contribution in [0.3, 0.4) is 0 Å². The molecule has 24 heavy (non-hydrogen) atoms. The minimum absolute atomic E-state index is 0.0199. The molecule has 0 radical (unpaired) electrons. The van der Waals surface area contributed by atoms with Crippen molar-refractivity contribution in [3.63, 3.8) is 0 Å². The van der Waals surface area contributed by atoms with Crippen molar-refractivity contribution in [2.24, 2.45) is 0 Å². The van der Waals surface area contributed by atoms with E-state index in [-0.39, 0.29) is 23.6 Å². The normalized spacial score (nSPS) is 18.9. The average Bonchev–Trinajstić information content (AvgIpc) is 2.89. The molecule has 5 nitrogen and oxygen atoms in total. The maximum atomic E-state index is 12.2. The first-order valence-electron chi connectivity index (χ1n) is 7.92. The Labute approximate surface area is 142 Å². The van der Waals surface area contributed by atoms with E-state index in [1.807, 2.05) is 54.6 Å². The van der Waals surface area contributed by atoms with Gasteiger partial charge in [-0.05, 0) is 30.0 Å². The fourth-order valence-electron chi connectivity index (χ4n) is 2.86. The molecule has 1 unspecified atom stereocenters. The Morgan fingerprint density at radius 1 is 1.04 bits per heavy atom. The van der Waals surface area contributed by atoms with Crippen LogP contribution in [0.5, 0.6) is 0 Å². The number of sulfone groups is 1. The van der Waals surface area contributed by atoms with Crippen molar-refractivity contribution in [1.29, 1.82) is 0 Å². The summed E-state index contributed by atoms with van der Waals surface area (Å²) in [7, 11) is -3.01. The Balaban J connectivity index is 1.66. The smallest absolute Gasteiger partial charge is 0.319 e. The molecule has 0 saturated carbocycles. The largest absolute Gasteiger partial charge is 0.334 e. The van der Waals surface area contributed by atoms with Crippen molar-refractivity contribution in [3.05, 3.63) is 65.7 Å². The highest BCUT2D eigenvalue weighted by Gasteiger charge is 2.28. The molecule has 0 aromatic heterocycles. The van der Waals surface area contributed by atoms with Crippen molar-refractivity contribution in [3.8, 4) is 0 Å². The number of carbonyl (C=O) groups is 1. The highest BCUT2D eigenvalue weighted by atomic mass is 32.2. The van der Waals surface area contributed by atoms with E-state index in [1.54, 1.807) is 0 Å². The molecular formula is C18H20N2O3S. The summed E-state index contributed by atoms with van der Waals surface area (Å²) in [5, 5.41) is 5.58. The molecule has 3 rings (SSSR count). The SMILES string of the molecule is O=C(Nc1ccccc1Cc1ccccc1)NC1CCS(=O)(=O)C1. The van der Waals surface area contributed by atoms with Crippen molar-refractivity contribution >= 4 is 21.6 Å². The number of amides is 2. The molecule has 1 atom stereocenters. The van der Waals surface area contributed by atoms with Crippen LogP contribution >= 0.6 is 0 Å². The molecule has 0 bridgehead atoms. The second kappa shape index (κ2) is 7.05. The van der Waals surface area contributed by atoms with Crippen LogP contribution in [0.4, 0.5) is 10.5 Å². The van der Waals surface area contributed by atoms with E-state index >= 15 is 0 Å². The minimum atomic E-state index is -3.01. The molecule has 126 valence electrons. The first kappa shape index (κ1) is 16.5. The van der Waals surface area contributed by atoms with Gasteiger partial charge in [0, 0.05) is 11.7 Å². The lowest BCUT2D eigenvalue weighted by Crippen LogP contribution is -2.38. The van der Waals surface area contributed by atoms with Gasteiger partial charge >= 0.3 is 6.03 Å². The molecular weight excluding hydrogens is 324 g/mol. The Hall–Kier alpha value is -2.34. The molecule has 1 fully saturated rings. The molecule has 1 aliphatic heterocycles. The van der Waals surface area contributed by atoms with Gasteiger partial charge in [0.1, 0.15) is 0 Å². The number of hydrogen-bond donors (Lipinski definition) is 2. The van der Waals surface area contributed by atoms with Crippen LogP contribution in [0, 0.1) is 0 Å². The molecule has 2 N–H and O–H groups in total. The number of nitrogens with one attached hydrogen (secondary N) is 2. The van der Waals surface area contributed by atoms with Gasteiger partial charge in [0.2, 0.25) is 0 Å². The molecule has 2 aromatic carbocycles. The van der Waals surface area contributed by atoms with Gasteiger partial charge in [-0.2, -0.15) is 0 Å². The van der Waals surface area contributed by atoms with E-state index in [9.17, 15) is 13.2 Å². The number of rotatable bonds is 4. The maximum absolute atomic E-state index is 12.2. The third kappa shape index (κ3) is 4.35. The highest BCUT2D eigenvalue weighted by molar-refractivity contribution is 7.91. The van der Waals surface area contributed by atoms with Gasteiger partial charge < -0.3 is 10.6 Å². The Morgan fingerprint density at radius 3 is 2.46 bits per heavy atom. The highest BCUT2D eigenvalue weighted by Crippen LogP contribution is 2.19. The van der Waals surface area contributed by atoms with Crippen LogP contribution in [-0.2, 0) is 16.3 Å². The lowest BCUT2D eigenvalue weighted by atomic mass is 10.0. The van der Waals surface area contributed by atoms with Gasteiger partial charge in [-0.15, -0.1) is 0 Å². The zero-order valence-electron chi connectivity index (χ0n) is 13.2. The summed E-state index contributed by atoms with van der Waals surface area (Å²) in [5.41, 5.74) is 2.91. The van der Waals surface area contributed by atoms with Gasteiger partial charge in [0.05, 0.1) is 11.5 Å². The van der Waals surface area contributed by atoms with Crippen molar-refractivity contribution in [1.82, 2.24) is 5.32 Å². The van der Waals surface area contributed by atoms with E-state index in [4.69, 9.17) is 0 Å². The van der Waals surface area contributed by atoms with E-state index in [0.29, 0.717) is 6.42 Å². The zero-order chi connectivity index (χ0) is 17.0. The lowest BCUT2D eigenvalue weighted by molar-refractivity contribution is 0.249. The monoisotopic (exact) mass is 344 g/mol. The van der Waals surface area contributed by atoms with Crippen molar-refractivity contribution in [2.45, 2.75) is 18.9 Å². The summed E-state index contributed by atoms with van der Waals surface area (Å²) in [5.74, 6) is 0.161. The van der Waals surface area contributed by atoms with Crippen molar-refractivity contribution < 1.29 is 13.2 Å². The number of para-hydroxylation sites is 1. The van der Waals surface area contributed by atoms with Crippen LogP contribution in [0.25, 0.3) is 0 Å². The van der Waals surface area contributed by atoms with Crippen LogP contribution in [0.2, 0.25) is 0 Å². The van der Waals surface area contributed by atoms with Gasteiger partial charge in [-0.1, -0.05) is 48.5 Å². The molecule has 1 aliphatic rings. The van der Waals surface area contributed by atoms with E-state index in [2.05, 4.69) is 10.6 Å². The van der Waals surface area contributed by atoms with Crippen LogP contribution in [-0.4, -0.2) is 32.0 Å². The molecule has 2 aromatic rings. The molecule has 0 aliphatic carbocycles. The van der Waals surface area contributed by atoms with E-state index < -0.39 is 9.84 Å². The van der Waals surface area contributed by atoms with E-state index in [1.165, 1.54) is 0 Å². The predicted octanol–water partition coefficient (Wildman–Crippen LogP) is 2.59. The molecule has 0 spiro atoms. The van der Waals surface area contributed by atoms with Crippen LogP contribution < -0.4 is 10.6 Å². The third-order valence-electron chi connectivity index (χ3n) is 4.07. The molecule has 1 heterocycles. The van der Waals surface area contributed by atoms with Gasteiger partial charge in [0.15, 0.2) is 9.84 Å². The summed E-state index contributed by atoms with van der Waals surface area (Å²) in [6, 6.07) is 17.0. The first-order chi connectivity index (χ1) is 11.5. The fraction of sp³-hybridized carbons (Fsp3) is 0.278. The summed E-state index contributed by atoms with van der Waals surface area (Å²) >= 11 is 0. The number of urea groups is 1. The fourth-order valence-corrected chi connectivity index (χ4v) is 4.54. The average molecular weight is 344 g/mol. The van der Waals surface area contributed by atoms with Crippen LogP contribution in [0.1, 0.15) is 17.5 Å². The topological polar surface area (TPSA) is 75.3 Å². The van der Waals surface area contributed by atoms with E-state index in [0.717, 1.165) is 23.2 Å². The second-order valence-corrected chi connectivity index (χ2v) is 8.25. The number of anilines is 1. The summed E-state index contributed by atoms with van der Waals surface area (Å²) in [6.07, 6.45) is 1.19.